The van der Waals surface area contributed by atoms with Crippen molar-refractivity contribution in [3.05, 3.63) is 53.1 Å². The molecule has 5 nitrogen and oxygen atoms in total. The standard InChI is InChI=1S/C14H17N3O2/c1-10-4-3-7-16-13(10)9-15-8-11-5-6-12(17-11)14(18)19-2/h3-7,15,17H,8-9H2,1-2H3. The Labute approximate surface area is 112 Å². The first-order chi connectivity index (χ1) is 9.20. The van der Waals surface area contributed by atoms with Crippen LogP contribution in [0.3, 0.4) is 0 Å². The van der Waals surface area contributed by atoms with Crippen molar-refractivity contribution in [3.8, 4) is 0 Å². The number of ether oxygens (including phenoxy) is 1. The summed E-state index contributed by atoms with van der Waals surface area (Å²) in [6, 6.07) is 7.54. The zero-order chi connectivity index (χ0) is 13.7. The monoisotopic (exact) mass is 259 g/mol. The molecule has 0 amide bonds. The summed E-state index contributed by atoms with van der Waals surface area (Å²) in [7, 11) is 1.37. The van der Waals surface area contributed by atoms with Gasteiger partial charge in [-0.3, -0.25) is 4.98 Å². The molecule has 0 aliphatic heterocycles. The summed E-state index contributed by atoms with van der Waals surface area (Å²) in [5.41, 5.74) is 3.60. The molecule has 0 aliphatic carbocycles. The van der Waals surface area contributed by atoms with Gasteiger partial charge in [0.25, 0.3) is 0 Å². The Morgan fingerprint density at radius 1 is 1.37 bits per heavy atom. The van der Waals surface area contributed by atoms with E-state index < -0.39 is 0 Å². The molecule has 0 aliphatic rings. The van der Waals surface area contributed by atoms with Crippen molar-refractivity contribution < 1.29 is 9.53 Å². The number of carbonyl (C=O) groups is 1. The SMILES string of the molecule is COC(=O)c1ccc(CNCc2ncccc2C)[nH]1. The van der Waals surface area contributed by atoms with Crippen LogP contribution in [0.15, 0.2) is 30.5 Å². The van der Waals surface area contributed by atoms with E-state index in [1.165, 1.54) is 7.11 Å². The average molecular weight is 259 g/mol. The van der Waals surface area contributed by atoms with Gasteiger partial charge < -0.3 is 15.0 Å². The van der Waals surface area contributed by atoms with Gasteiger partial charge in [0.05, 0.1) is 12.8 Å². The van der Waals surface area contributed by atoms with E-state index in [4.69, 9.17) is 0 Å². The molecule has 0 saturated heterocycles. The predicted molar refractivity (Wildman–Crippen MR) is 71.6 cm³/mol. The molecule has 2 heterocycles. The summed E-state index contributed by atoms with van der Waals surface area (Å²) in [4.78, 5) is 18.6. The largest absolute Gasteiger partial charge is 0.464 e. The molecule has 0 bridgehead atoms. The summed E-state index contributed by atoms with van der Waals surface area (Å²) in [6.07, 6.45) is 1.79. The zero-order valence-corrected chi connectivity index (χ0v) is 11.1. The lowest BCUT2D eigenvalue weighted by molar-refractivity contribution is 0.0594. The van der Waals surface area contributed by atoms with Crippen LogP contribution >= 0.6 is 0 Å². The highest BCUT2D eigenvalue weighted by atomic mass is 16.5. The Bertz CT molecular complexity index is 563. The van der Waals surface area contributed by atoms with Crippen LogP contribution in [0.25, 0.3) is 0 Å². The van der Waals surface area contributed by atoms with Crippen molar-refractivity contribution in [2.24, 2.45) is 0 Å². The first-order valence-corrected chi connectivity index (χ1v) is 6.08. The van der Waals surface area contributed by atoms with Gasteiger partial charge in [-0.25, -0.2) is 4.79 Å². The van der Waals surface area contributed by atoms with Crippen LogP contribution in [-0.2, 0) is 17.8 Å². The maximum absolute atomic E-state index is 11.3. The van der Waals surface area contributed by atoms with Crippen molar-refractivity contribution in [1.29, 1.82) is 0 Å². The molecule has 0 saturated carbocycles. The molecule has 19 heavy (non-hydrogen) atoms. The lowest BCUT2D eigenvalue weighted by Crippen LogP contribution is -2.15. The number of rotatable bonds is 5. The quantitative estimate of drug-likeness (QED) is 0.803. The molecule has 2 N–H and O–H groups in total. The van der Waals surface area contributed by atoms with Crippen LogP contribution in [0.4, 0.5) is 0 Å². The van der Waals surface area contributed by atoms with Gasteiger partial charge in [-0.05, 0) is 30.7 Å². The first-order valence-electron chi connectivity index (χ1n) is 6.08. The Balaban J connectivity index is 1.88. The van der Waals surface area contributed by atoms with Gasteiger partial charge in [0.1, 0.15) is 5.69 Å². The van der Waals surface area contributed by atoms with Gasteiger partial charge in [-0.15, -0.1) is 0 Å². The Morgan fingerprint density at radius 3 is 2.95 bits per heavy atom. The van der Waals surface area contributed by atoms with Crippen LogP contribution in [0.5, 0.6) is 0 Å². The summed E-state index contributed by atoms with van der Waals surface area (Å²) < 4.78 is 4.64. The van der Waals surface area contributed by atoms with E-state index in [0.717, 1.165) is 17.0 Å². The number of aryl methyl sites for hydroxylation is 1. The third kappa shape index (κ3) is 3.42. The smallest absolute Gasteiger partial charge is 0.354 e. The van der Waals surface area contributed by atoms with E-state index in [1.807, 2.05) is 25.1 Å². The number of hydrogen-bond acceptors (Lipinski definition) is 4. The van der Waals surface area contributed by atoms with E-state index in [0.29, 0.717) is 18.8 Å². The third-order valence-corrected chi connectivity index (χ3v) is 2.88. The maximum atomic E-state index is 11.3. The van der Waals surface area contributed by atoms with Crippen LogP contribution in [-0.4, -0.2) is 23.0 Å². The molecule has 0 unspecified atom stereocenters. The zero-order valence-electron chi connectivity index (χ0n) is 11.1. The lowest BCUT2D eigenvalue weighted by atomic mass is 10.2. The topological polar surface area (TPSA) is 67.0 Å². The average Bonchev–Trinajstić information content (AvgIpc) is 2.89. The molecule has 0 spiro atoms. The number of esters is 1. The minimum atomic E-state index is -0.355. The van der Waals surface area contributed by atoms with Gasteiger partial charge in [-0.2, -0.15) is 0 Å². The number of hydrogen-bond donors (Lipinski definition) is 2. The molecule has 2 aromatic heterocycles. The summed E-state index contributed by atoms with van der Waals surface area (Å²) in [5, 5.41) is 3.28. The second-order valence-corrected chi connectivity index (χ2v) is 4.26. The van der Waals surface area contributed by atoms with Crippen molar-refractivity contribution in [2.75, 3.05) is 7.11 Å². The number of nitrogens with one attached hydrogen (secondary N) is 2. The van der Waals surface area contributed by atoms with E-state index in [1.54, 1.807) is 12.3 Å². The Hall–Kier alpha value is -2.14. The Kier molecular flexibility index (Phi) is 4.30. The van der Waals surface area contributed by atoms with Gasteiger partial charge in [0.2, 0.25) is 0 Å². The fourth-order valence-electron chi connectivity index (χ4n) is 1.79. The van der Waals surface area contributed by atoms with Crippen LogP contribution < -0.4 is 5.32 Å². The summed E-state index contributed by atoms with van der Waals surface area (Å²) in [6.45, 7) is 3.38. The fraction of sp³-hybridized carbons (Fsp3) is 0.286. The molecule has 100 valence electrons. The minimum absolute atomic E-state index is 0.355. The molecule has 2 aromatic rings. The van der Waals surface area contributed by atoms with E-state index in [9.17, 15) is 4.79 Å². The summed E-state index contributed by atoms with van der Waals surface area (Å²) >= 11 is 0. The number of methoxy groups -OCH3 is 1. The number of aromatic nitrogens is 2. The molecule has 0 fully saturated rings. The molecule has 0 radical (unpaired) electrons. The molecular weight excluding hydrogens is 242 g/mol. The number of pyridine rings is 1. The second kappa shape index (κ2) is 6.15. The normalized spacial score (nSPS) is 10.4. The van der Waals surface area contributed by atoms with Crippen LogP contribution in [0.2, 0.25) is 0 Å². The molecule has 2 rings (SSSR count). The maximum Gasteiger partial charge on any atom is 0.354 e. The number of aromatic amines is 1. The van der Waals surface area contributed by atoms with Gasteiger partial charge in [0, 0.05) is 25.0 Å². The predicted octanol–water partition coefficient (Wildman–Crippen LogP) is 1.79. The number of H-pyrrole nitrogens is 1. The van der Waals surface area contributed by atoms with Crippen LogP contribution in [0, 0.1) is 6.92 Å². The number of carbonyl (C=O) groups excluding carboxylic acids is 1. The third-order valence-electron chi connectivity index (χ3n) is 2.88. The van der Waals surface area contributed by atoms with Crippen molar-refractivity contribution in [3.63, 3.8) is 0 Å². The minimum Gasteiger partial charge on any atom is -0.464 e. The van der Waals surface area contributed by atoms with Crippen molar-refractivity contribution in [2.45, 2.75) is 20.0 Å². The van der Waals surface area contributed by atoms with E-state index in [-0.39, 0.29) is 5.97 Å². The molecule has 5 heteroatoms. The highest BCUT2D eigenvalue weighted by Gasteiger charge is 2.07. The van der Waals surface area contributed by atoms with Crippen LogP contribution in [0.1, 0.15) is 27.4 Å². The second-order valence-electron chi connectivity index (χ2n) is 4.26. The van der Waals surface area contributed by atoms with Gasteiger partial charge in [0.15, 0.2) is 0 Å². The highest BCUT2D eigenvalue weighted by Crippen LogP contribution is 2.05. The van der Waals surface area contributed by atoms with Crippen molar-refractivity contribution >= 4 is 5.97 Å². The van der Waals surface area contributed by atoms with Crippen molar-refractivity contribution in [1.82, 2.24) is 15.3 Å². The van der Waals surface area contributed by atoms with Gasteiger partial charge in [-0.1, -0.05) is 6.07 Å². The fourth-order valence-corrected chi connectivity index (χ4v) is 1.79. The molecule has 0 atom stereocenters. The molecule has 0 aromatic carbocycles. The van der Waals surface area contributed by atoms with E-state index in [2.05, 4.69) is 20.0 Å². The summed E-state index contributed by atoms with van der Waals surface area (Å²) in [5.74, 6) is -0.355. The Morgan fingerprint density at radius 2 is 2.21 bits per heavy atom. The van der Waals surface area contributed by atoms with E-state index >= 15 is 0 Å². The first kappa shape index (κ1) is 13.3. The van der Waals surface area contributed by atoms with Gasteiger partial charge >= 0.3 is 5.97 Å². The highest BCUT2D eigenvalue weighted by molar-refractivity contribution is 5.87. The number of nitrogens with zero attached hydrogens (tertiary/aromatic N) is 1. The lowest BCUT2D eigenvalue weighted by Gasteiger charge is -2.05. The molecular formula is C14H17N3O2.